The summed E-state index contributed by atoms with van der Waals surface area (Å²) in [7, 11) is 0. The lowest BCUT2D eigenvalue weighted by atomic mass is 10.2. The van der Waals surface area contributed by atoms with Crippen molar-refractivity contribution in [3.63, 3.8) is 0 Å². The Bertz CT molecular complexity index is 213. The van der Waals surface area contributed by atoms with Crippen LogP contribution in [0.4, 0.5) is 0 Å². The molecule has 0 saturated heterocycles. The lowest BCUT2D eigenvalue weighted by Gasteiger charge is -2.01. The molecule has 0 spiro atoms. The molecule has 0 aliphatic heterocycles. The van der Waals surface area contributed by atoms with Gasteiger partial charge in [0.1, 0.15) is 6.61 Å². The normalized spacial score (nSPS) is 11.4. The zero-order valence-electron chi connectivity index (χ0n) is 6.71. The first-order valence-corrected chi connectivity index (χ1v) is 3.34. The molecule has 0 aliphatic rings. The summed E-state index contributed by atoms with van der Waals surface area (Å²) in [5.74, 6) is -1.57. The number of carboxylic acids is 1. The minimum atomic E-state index is -1.32. The molecular formula is C5H10N4O4. The predicted octanol–water partition coefficient (Wildman–Crippen LogP) is -1.20. The number of aliphatic carboxylic acids is 1. The van der Waals surface area contributed by atoms with Crippen LogP contribution >= 0.6 is 0 Å². The predicted molar refractivity (Wildman–Crippen MR) is 43.6 cm³/mol. The number of hydrogen-bond acceptors (Lipinski definition) is 5. The maximum atomic E-state index is 10.2. The second-order valence-corrected chi connectivity index (χ2v) is 2.10. The number of nitroso groups, excluding NO2 is 1. The monoisotopic (exact) mass is 190 g/mol. The molecule has 13 heavy (non-hydrogen) atoms. The quantitative estimate of drug-likeness (QED) is 0.158. The van der Waals surface area contributed by atoms with E-state index in [0.29, 0.717) is 0 Å². The van der Waals surface area contributed by atoms with Crippen molar-refractivity contribution in [3.05, 3.63) is 4.91 Å². The number of rotatable bonds is 6. The molecule has 0 aromatic heterocycles. The molecular weight excluding hydrogens is 180 g/mol. The average molecular weight is 190 g/mol. The van der Waals surface area contributed by atoms with Gasteiger partial charge in [0.15, 0.2) is 6.04 Å². The second-order valence-electron chi connectivity index (χ2n) is 2.10. The van der Waals surface area contributed by atoms with E-state index in [9.17, 15) is 9.70 Å². The van der Waals surface area contributed by atoms with Crippen molar-refractivity contribution in [1.29, 1.82) is 0 Å². The van der Waals surface area contributed by atoms with Gasteiger partial charge < -0.3 is 21.4 Å². The molecule has 1 atom stereocenters. The minimum Gasteiger partial charge on any atom is -0.480 e. The summed E-state index contributed by atoms with van der Waals surface area (Å²) in [6.45, 7) is -0.0827. The highest BCUT2D eigenvalue weighted by Crippen LogP contribution is 1.98. The summed E-state index contributed by atoms with van der Waals surface area (Å²) >= 11 is 0. The van der Waals surface area contributed by atoms with E-state index in [1.165, 1.54) is 0 Å². The Hall–Kier alpha value is -1.86. The molecule has 0 heterocycles. The first-order chi connectivity index (χ1) is 6.07. The van der Waals surface area contributed by atoms with Gasteiger partial charge >= 0.3 is 5.97 Å². The van der Waals surface area contributed by atoms with Gasteiger partial charge in [-0.2, -0.15) is 0 Å². The van der Waals surface area contributed by atoms with E-state index in [4.69, 9.17) is 16.6 Å². The molecule has 74 valence electrons. The van der Waals surface area contributed by atoms with E-state index < -0.39 is 12.0 Å². The third-order valence-electron chi connectivity index (χ3n) is 1.06. The van der Waals surface area contributed by atoms with Crippen LogP contribution in [0.25, 0.3) is 0 Å². The molecule has 0 aliphatic carbocycles. The fraction of sp³-hybridized carbons (Fsp3) is 0.600. The van der Waals surface area contributed by atoms with Gasteiger partial charge in [-0.25, -0.2) is 4.79 Å². The molecule has 8 heteroatoms. The van der Waals surface area contributed by atoms with Gasteiger partial charge in [0, 0.05) is 6.42 Å². The van der Waals surface area contributed by atoms with Crippen LogP contribution in [-0.4, -0.2) is 29.7 Å². The van der Waals surface area contributed by atoms with Crippen molar-refractivity contribution < 1.29 is 14.7 Å². The van der Waals surface area contributed by atoms with E-state index in [1.807, 2.05) is 0 Å². The maximum Gasteiger partial charge on any atom is 0.332 e. The largest absolute Gasteiger partial charge is 0.480 e. The highest BCUT2D eigenvalue weighted by Gasteiger charge is 2.17. The van der Waals surface area contributed by atoms with Gasteiger partial charge in [-0.15, -0.1) is 4.91 Å². The van der Waals surface area contributed by atoms with Crippen molar-refractivity contribution in [2.75, 3.05) is 6.61 Å². The van der Waals surface area contributed by atoms with Crippen molar-refractivity contribution in [2.45, 2.75) is 12.5 Å². The van der Waals surface area contributed by atoms with Gasteiger partial charge in [-0.1, -0.05) is 5.18 Å². The van der Waals surface area contributed by atoms with Crippen LogP contribution in [0.1, 0.15) is 6.42 Å². The Kier molecular flexibility index (Phi) is 4.93. The molecule has 8 nitrogen and oxygen atoms in total. The molecule has 0 saturated carbocycles. The first kappa shape index (κ1) is 11.1. The number of oxime groups is 1. The highest BCUT2D eigenvalue weighted by molar-refractivity contribution is 5.75. The zero-order chi connectivity index (χ0) is 10.3. The van der Waals surface area contributed by atoms with Crippen molar-refractivity contribution in [3.8, 4) is 0 Å². The maximum absolute atomic E-state index is 10.2. The fourth-order valence-electron chi connectivity index (χ4n) is 0.506. The third-order valence-corrected chi connectivity index (χ3v) is 1.06. The van der Waals surface area contributed by atoms with Gasteiger partial charge in [0.25, 0.3) is 0 Å². The Morgan fingerprint density at radius 3 is 2.54 bits per heavy atom. The SMILES string of the molecule is NC(N)=NOCCC(N=O)C(=O)O. The zero-order valence-corrected chi connectivity index (χ0v) is 6.71. The Morgan fingerprint density at radius 2 is 2.15 bits per heavy atom. The van der Waals surface area contributed by atoms with Crippen molar-refractivity contribution >= 4 is 11.9 Å². The molecule has 0 aromatic rings. The molecule has 0 radical (unpaired) electrons. The van der Waals surface area contributed by atoms with E-state index >= 15 is 0 Å². The van der Waals surface area contributed by atoms with Crippen LogP contribution in [0.15, 0.2) is 10.3 Å². The summed E-state index contributed by atoms with van der Waals surface area (Å²) < 4.78 is 0. The Balaban J connectivity index is 3.68. The van der Waals surface area contributed by atoms with E-state index in [2.05, 4.69) is 15.2 Å². The lowest BCUT2D eigenvalue weighted by Crippen LogP contribution is -2.23. The fourth-order valence-corrected chi connectivity index (χ4v) is 0.506. The number of carbonyl (C=O) groups is 1. The highest BCUT2D eigenvalue weighted by atomic mass is 16.6. The van der Waals surface area contributed by atoms with Gasteiger partial charge in [0.05, 0.1) is 0 Å². The van der Waals surface area contributed by atoms with Gasteiger partial charge in [-0.05, 0) is 5.16 Å². The number of carboxylic acid groups (broad SMARTS) is 1. The first-order valence-electron chi connectivity index (χ1n) is 3.34. The van der Waals surface area contributed by atoms with E-state index in [1.54, 1.807) is 0 Å². The summed E-state index contributed by atoms with van der Waals surface area (Å²) in [6.07, 6.45) is -0.0738. The summed E-state index contributed by atoms with van der Waals surface area (Å²) in [6, 6.07) is -1.32. The average Bonchev–Trinajstić information content (AvgIpc) is 2.03. The molecule has 0 rings (SSSR count). The number of nitrogens with two attached hydrogens (primary N) is 2. The number of hydrogen-bond donors (Lipinski definition) is 3. The summed E-state index contributed by atoms with van der Waals surface area (Å²) in [5.41, 5.74) is 9.81. The topological polar surface area (TPSA) is 140 Å². The van der Waals surface area contributed by atoms with Crippen LogP contribution in [0, 0.1) is 4.91 Å². The number of guanidine groups is 1. The molecule has 1 unspecified atom stereocenters. The van der Waals surface area contributed by atoms with Crippen LogP contribution in [0.5, 0.6) is 0 Å². The van der Waals surface area contributed by atoms with Crippen LogP contribution < -0.4 is 11.5 Å². The molecule has 0 aromatic carbocycles. The second kappa shape index (κ2) is 5.75. The smallest absolute Gasteiger partial charge is 0.332 e. The molecule has 0 amide bonds. The Morgan fingerprint density at radius 1 is 1.54 bits per heavy atom. The van der Waals surface area contributed by atoms with Crippen LogP contribution in [0.2, 0.25) is 0 Å². The van der Waals surface area contributed by atoms with E-state index in [-0.39, 0.29) is 19.0 Å². The third kappa shape index (κ3) is 5.41. The van der Waals surface area contributed by atoms with Crippen LogP contribution in [0.3, 0.4) is 0 Å². The van der Waals surface area contributed by atoms with Crippen LogP contribution in [-0.2, 0) is 9.63 Å². The van der Waals surface area contributed by atoms with Gasteiger partial charge in [0.2, 0.25) is 5.96 Å². The van der Waals surface area contributed by atoms with Gasteiger partial charge in [-0.3, -0.25) is 0 Å². The van der Waals surface area contributed by atoms with Crippen molar-refractivity contribution in [2.24, 2.45) is 21.8 Å². The molecule has 0 bridgehead atoms. The number of nitrogens with zero attached hydrogens (tertiary/aromatic N) is 2. The Labute approximate surface area is 73.5 Å². The molecule has 5 N–H and O–H groups in total. The molecule has 0 fully saturated rings. The van der Waals surface area contributed by atoms with Crippen molar-refractivity contribution in [1.82, 2.24) is 0 Å². The van der Waals surface area contributed by atoms with E-state index in [0.717, 1.165) is 0 Å². The lowest BCUT2D eigenvalue weighted by molar-refractivity contribution is -0.138. The summed E-state index contributed by atoms with van der Waals surface area (Å²) in [5, 5.41) is 13.8. The summed E-state index contributed by atoms with van der Waals surface area (Å²) in [4.78, 5) is 24.6. The minimum absolute atomic E-state index is 0.0738. The standard InChI is InChI=1S/C5H10N4O4/c6-5(7)9-13-2-1-3(8-12)4(10)11/h3H,1-2H2,(H,10,11)(H4,6,7,9).